The Balaban J connectivity index is 1.67. The standard InChI is InChI=1S/C20H20ClN3O2/c21-17-6-1-15(2-7-17)3-8-19(13-24-12-11-23-14-24)26-18-9-4-16(5-10-18)20(22)25/h1-2,4-7,9-12,14,19H,3,8,13H2,(H2,22,25). The van der Waals surface area contributed by atoms with Crippen LogP contribution in [0.3, 0.4) is 0 Å². The number of amides is 1. The highest BCUT2D eigenvalue weighted by Crippen LogP contribution is 2.18. The molecule has 0 aliphatic carbocycles. The van der Waals surface area contributed by atoms with Gasteiger partial charge >= 0.3 is 0 Å². The molecular weight excluding hydrogens is 350 g/mol. The minimum Gasteiger partial charge on any atom is -0.489 e. The second-order valence-electron chi connectivity index (χ2n) is 6.05. The summed E-state index contributed by atoms with van der Waals surface area (Å²) in [5.41, 5.74) is 6.95. The van der Waals surface area contributed by atoms with Gasteiger partial charge in [0.15, 0.2) is 0 Å². The maximum absolute atomic E-state index is 11.2. The summed E-state index contributed by atoms with van der Waals surface area (Å²) >= 11 is 5.94. The third-order valence-electron chi connectivity index (χ3n) is 4.08. The molecule has 6 heteroatoms. The summed E-state index contributed by atoms with van der Waals surface area (Å²) in [5, 5.41) is 0.731. The highest BCUT2D eigenvalue weighted by Gasteiger charge is 2.13. The SMILES string of the molecule is NC(=O)c1ccc(OC(CCc2ccc(Cl)cc2)Cn2ccnc2)cc1. The van der Waals surface area contributed by atoms with Crippen LogP contribution >= 0.6 is 11.6 Å². The van der Waals surface area contributed by atoms with Gasteiger partial charge in [0.2, 0.25) is 5.91 Å². The Labute approximate surface area is 157 Å². The van der Waals surface area contributed by atoms with E-state index in [9.17, 15) is 4.79 Å². The van der Waals surface area contributed by atoms with E-state index in [0.717, 1.165) is 17.9 Å². The molecule has 0 aliphatic heterocycles. The Morgan fingerprint density at radius 2 is 1.88 bits per heavy atom. The molecule has 2 N–H and O–H groups in total. The van der Waals surface area contributed by atoms with Crippen molar-refractivity contribution in [3.8, 4) is 5.75 Å². The zero-order valence-electron chi connectivity index (χ0n) is 14.2. The van der Waals surface area contributed by atoms with E-state index in [0.29, 0.717) is 17.9 Å². The van der Waals surface area contributed by atoms with Gasteiger partial charge in [-0.05, 0) is 54.8 Å². The van der Waals surface area contributed by atoms with E-state index in [2.05, 4.69) is 4.98 Å². The van der Waals surface area contributed by atoms with Gasteiger partial charge in [0, 0.05) is 23.0 Å². The van der Waals surface area contributed by atoms with Crippen molar-refractivity contribution >= 4 is 17.5 Å². The van der Waals surface area contributed by atoms with E-state index in [1.54, 1.807) is 36.8 Å². The first-order chi connectivity index (χ1) is 12.6. The van der Waals surface area contributed by atoms with Crippen LogP contribution in [0.5, 0.6) is 5.75 Å². The van der Waals surface area contributed by atoms with Gasteiger partial charge in [-0.15, -0.1) is 0 Å². The van der Waals surface area contributed by atoms with Gasteiger partial charge in [-0.25, -0.2) is 4.98 Å². The van der Waals surface area contributed by atoms with Gasteiger partial charge in [-0.3, -0.25) is 4.79 Å². The molecule has 2 aromatic carbocycles. The number of imidazole rings is 1. The van der Waals surface area contributed by atoms with E-state index >= 15 is 0 Å². The average Bonchev–Trinajstić information content (AvgIpc) is 3.14. The third kappa shape index (κ3) is 5.10. The Morgan fingerprint density at radius 1 is 1.15 bits per heavy atom. The zero-order valence-corrected chi connectivity index (χ0v) is 15.0. The van der Waals surface area contributed by atoms with Crippen LogP contribution in [0.25, 0.3) is 0 Å². The fraction of sp³-hybridized carbons (Fsp3) is 0.200. The lowest BCUT2D eigenvalue weighted by Crippen LogP contribution is -2.23. The monoisotopic (exact) mass is 369 g/mol. The number of rotatable bonds is 8. The minimum atomic E-state index is -0.450. The van der Waals surface area contributed by atoms with E-state index in [-0.39, 0.29) is 6.10 Å². The van der Waals surface area contributed by atoms with Crippen LogP contribution < -0.4 is 10.5 Å². The number of primary amides is 1. The van der Waals surface area contributed by atoms with Crippen LogP contribution in [0.15, 0.2) is 67.3 Å². The molecular formula is C20H20ClN3O2. The number of nitrogens with zero attached hydrogens (tertiary/aromatic N) is 2. The zero-order chi connectivity index (χ0) is 18.4. The number of halogens is 1. The number of nitrogens with two attached hydrogens (primary N) is 1. The predicted octanol–water partition coefficient (Wildman–Crippen LogP) is 3.72. The molecule has 26 heavy (non-hydrogen) atoms. The summed E-state index contributed by atoms with van der Waals surface area (Å²) in [6.07, 6.45) is 7.09. The van der Waals surface area contributed by atoms with Crippen molar-refractivity contribution in [1.82, 2.24) is 9.55 Å². The second kappa shape index (κ2) is 8.54. The van der Waals surface area contributed by atoms with Crippen molar-refractivity contribution in [2.75, 3.05) is 0 Å². The maximum atomic E-state index is 11.2. The highest BCUT2D eigenvalue weighted by atomic mass is 35.5. The van der Waals surface area contributed by atoms with Crippen molar-refractivity contribution in [3.05, 3.63) is 83.4 Å². The second-order valence-corrected chi connectivity index (χ2v) is 6.49. The third-order valence-corrected chi connectivity index (χ3v) is 4.34. The smallest absolute Gasteiger partial charge is 0.248 e. The maximum Gasteiger partial charge on any atom is 0.248 e. The molecule has 1 aromatic heterocycles. The fourth-order valence-electron chi connectivity index (χ4n) is 2.69. The van der Waals surface area contributed by atoms with Crippen molar-refractivity contribution in [2.45, 2.75) is 25.5 Å². The van der Waals surface area contributed by atoms with Crippen molar-refractivity contribution in [3.63, 3.8) is 0 Å². The summed E-state index contributed by atoms with van der Waals surface area (Å²) in [5.74, 6) is 0.255. The average molecular weight is 370 g/mol. The van der Waals surface area contributed by atoms with Gasteiger partial charge in [0.25, 0.3) is 0 Å². The molecule has 1 unspecified atom stereocenters. The van der Waals surface area contributed by atoms with E-state index in [1.807, 2.05) is 35.0 Å². The number of benzene rings is 2. The fourth-order valence-corrected chi connectivity index (χ4v) is 2.81. The number of aromatic nitrogens is 2. The molecule has 5 nitrogen and oxygen atoms in total. The molecule has 0 bridgehead atoms. The largest absolute Gasteiger partial charge is 0.489 e. The number of hydrogen-bond acceptors (Lipinski definition) is 3. The number of ether oxygens (including phenoxy) is 1. The topological polar surface area (TPSA) is 70.1 Å². The first-order valence-electron chi connectivity index (χ1n) is 8.37. The van der Waals surface area contributed by atoms with Gasteiger partial charge in [0.05, 0.1) is 12.9 Å². The molecule has 3 aromatic rings. The molecule has 134 valence electrons. The normalized spacial score (nSPS) is 11.9. The number of carbonyl (C=O) groups excluding carboxylic acids is 1. The summed E-state index contributed by atoms with van der Waals surface area (Å²) in [6, 6.07) is 14.7. The Morgan fingerprint density at radius 3 is 2.50 bits per heavy atom. The van der Waals surface area contributed by atoms with Crippen molar-refractivity contribution in [2.24, 2.45) is 5.73 Å². The highest BCUT2D eigenvalue weighted by molar-refractivity contribution is 6.30. The van der Waals surface area contributed by atoms with Gasteiger partial charge in [0.1, 0.15) is 11.9 Å². The molecule has 0 spiro atoms. The summed E-state index contributed by atoms with van der Waals surface area (Å²) < 4.78 is 8.13. The Hall–Kier alpha value is -2.79. The van der Waals surface area contributed by atoms with Crippen LogP contribution in [0, 0.1) is 0 Å². The predicted molar refractivity (Wildman–Crippen MR) is 101 cm³/mol. The van der Waals surface area contributed by atoms with E-state index in [1.165, 1.54) is 5.56 Å². The quantitative estimate of drug-likeness (QED) is 0.657. The van der Waals surface area contributed by atoms with E-state index < -0.39 is 5.91 Å². The van der Waals surface area contributed by atoms with Crippen LogP contribution in [0.4, 0.5) is 0 Å². The number of hydrogen-bond donors (Lipinski definition) is 1. The number of aryl methyl sites for hydroxylation is 1. The summed E-state index contributed by atoms with van der Waals surface area (Å²) in [4.78, 5) is 15.3. The van der Waals surface area contributed by atoms with Crippen LogP contribution in [0.1, 0.15) is 22.3 Å². The molecule has 1 atom stereocenters. The molecule has 0 saturated carbocycles. The van der Waals surface area contributed by atoms with Gasteiger partial charge in [-0.1, -0.05) is 23.7 Å². The van der Waals surface area contributed by atoms with Crippen molar-refractivity contribution < 1.29 is 9.53 Å². The molecule has 0 aliphatic rings. The first kappa shape index (κ1) is 18.0. The molecule has 0 fully saturated rings. The summed E-state index contributed by atoms with van der Waals surface area (Å²) in [7, 11) is 0. The molecule has 0 saturated heterocycles. The molecule has 1 heterocycles. The molecule has 1 amide bonds. The number of carbonyl (C=O) groups is 1. The molecule has 3 rings (SSSR count). The lowest BCUT2D eigenvalue weighted by molar-refractivity contribution is 0.1000. The van der Waals surface area contributed by atoms with Gasteiger partial charge in [-0.2, -0.15) is 0 Å². The van der Waals surface area contributed by atoms with E-state index in [4.69, 9.17) is 22.1 Å². The molecule has 0 radical (unpaired) electrons. The lowest BCUT2D eigenvalue weighted by Gasteiger charge is -2.20. The van der Waals surface area contributed by atoms with Crippen LogP contribution in [-0.4, -0.2) is 21.6 Å². The van der Waals surface area contributed by atoms with Gasteiger partial charge < -0.3 is 15.0 Å². The first-order valence-corrected chi connectivity index (χ1v) is 8.74. The summed E-state index contributed by atoms with van der Waals surface area (Å²) in [6.45, 7) is 0.686. The van der Waals surface area contributed by atoms with Crippen molar-refractivity contribution in [1.29, 1.82) is 0 Å². The lowest BCUT2D eigenvalue weighted by atomic mass is 10.1. The minimum absolute atomic E-state index is 0.0423. The Bertz CT molecular complexity index is 831. The van der Waals surface area contributed by atoms with Crippen LogP contribution in [-0.2, 0) is 13.0 Å². The Kier molecular flexibility index (Phi) is 5.92. The van der Waals surface area contributed by atoms with Crippen LogP contribution in [0.2, 0.25) is 5.02 Å².